The SMILES string of the molecule is CCSc1nnc(-c2nn(C)c3c2CN(S(=O)(=O)c2cccc(Cl)c2)CC3)n1CC. The van der Waals surface area contributed by atoms with Gasteiger partial charge in [-0.25, -0.2) is 8.42 Å². The summed E-state index contributed by atoms with van der Waals surface area (Å²) in [5, 5.41) is 14.6. The predicted octanol–water partition coefficient (Wildman–Crippen LogP) is 3.21. The number of sulfonamides is 1. The van der Waals surface area contributed by atoms with E-state index >= 15 is 0 Å². The number of aromatic nitrogens is 5. The van der Waals surface area contributed by atoms with Gasteiger partial charge in [0.1, 0.15) is 5.69 Å². The lowest BCUT2D eigenvalue weighted by molar-refractivity contribution is 0.386. The molecule has 2 aromatic heterocycles. The molecule has 0 atom stereocenters. The molecular formula is C19H23ClN6O2S2. The Hall–Kier alpha value is -1.88. The summed E-state index contributed by atoms with van der Waals surface area (Å²) in [5.41, 5.74) is 2.60. The summed E-state index contributed by atoms with van der Waals surface area (Å²) < 4.78 is 31.8. The van der Waals surface area contributed by atoms with Gasteiger partial charge in [-0.1, -0.05) is 36.4 Å². The molecule has 0 radical (unpaired) electrons. The molecule has 1 aromatic carbocycles. The Balaban J connectivity index is 1.75. The Morgan fingerprint density at radius 1 is 1.23 bits per heavy atom. The zero-order valence-corrected chi connectivity index (χ0v) is 19.4. The molecule has 30 heavy (non-hydrogen) atoms. The predicted molar refractivity (Wildman–Crippen MR) is 117 cm³/mol. The molecule has 3 heterocycles. The molecule has 0 unspecified atom stereocenters. The monoisotopic (exact) mass is 466 g/mol. The molecule has 160 valence electrons. The van der Waals surface area contributed by atoms with Crippen LogP contribution in [0.1, 0.15) is 25.1 Å². The van der Waals surface area contributed by atoms with Crippen molar-refractivity contribution in [1.82, 2.24) is 28.9 Å². The van der Waals surface area contributed by atoms with Crippen LogP contribution >= 0.6 is 23.4 Å². The molecule has 11 heteroatoms. The third-order valence-corrected chi connectivity index (χ3v) is 8.08. The van der Waals surface area contributed by atoms with Crippen LogP contribution in [0, 0.1) is 0 Å². The average Bonchev–Trinajstić information content (AvgIpc) is 3.28. The molecule has 1 aliphatic rings. The summed E-state index contributed by atoms with van der Waals surface area (Å²) in [6, 6.07) is 6.37. The summed E-state index contributed by atoms with van der Waals surface area (Å²) in [7, 11) is -1.78. The second kappa shape index (κ2) is 8.33. The van der Waals surface area contributed by atoms with E-state index in [4.69, 9.17) is 11.6 Å². The van der Waals surface area contributed by atoms with Crippen molar-refractivity contribution in [2.75, 3.05) is 12.3 Å². The van der Waals surface area contributed by atoms with Crippen LogP contribution in [0.4, 0.5) is 0 Å². The van der Waals surface area contributed by atoms with Gasteiger partial charge in [0.05, 0.1) is 4.90 Å². The summed E-state index contributed by atoms with van der Waals surface area (Å²) in [6.07, 6.45) is 0.579. The molecule has 0 amide bonds. The van der Waals surface area contributed by atoms with Crippen molar-refractivity contribution in [3.8, 4) is 11.5 Å². The van der Waals surface area contributed by atoms with E-state index in [0.29, 0.717) is 36.1 Å². The molecule has 0 spiro atoms. The average molecular weight is 467 g/mol. The molecule has 3 aromatic rings. The quantitative estimate of drug-likeness (QED) is 0.518. The molecule has 0 aliphatic carbocycles. The number of fused-ring (bicyclic) bond motifs is 1. The van der Waals surface area contributed by atoms with Gasteiger partial charge >= 0.3 is 0 Å². The Morgan fingerprint density at radius 2 is 2.03 bits per heavy atom. The van der Waals surface area contributed by atoms with Gasteiger partial charge in [0.2, 0.25) is 10.0 Å². The highest BCUT2D eigenvalue weighted by atomic mass is 35.5. The van der Waals surface area contributed by atoms with Gasteiger partial charge in [0.15, 0.2) is 11.0 Å². The number of thioether (sulfide) groups is 1. The molecule has 0 bridgehead atoms. The fourth-order valence-electron chi connectivity index (χ4n) is 3.71. The summed E-state index contributed by atoms with van der Waals surface area (Å²) >= 11 is 7.65. The first kappa shape index (κ1) is 21.4. The summed E-state index contributed by atoms with van der Waals surface area (Å²) in [6.45, 7) is 5.44. The maximum absolute atomic E-state index is 13.2. The van der Waals surface area contributed by atoms with E-state index in [0.717, 1.165) is 22.2 Å². The van der Waals surface area contributed by atoms with Gasteiger partial charge < -0.3 is 4.57 Å². The van der Waals surface area contributed by atoms with Crippen LogP contribution < -0.4 is 0 Å². The van der Waals surface area contributed by atoms with Crippen molar-refractivity contribution in [3.63, 3.8) is 0 Å². The van der Waals surface area contributed by atoms with Crippen molar-refractivity contribution in [2.45, 2.75) is 43.4 Å². The van der Waals surface area contributed by atoms with E-state index in [-0.39, 0.29) is 11.4 Å². The Kier molecular flexibility index (Phi) is 5.93. The number of benzene rings is 1. The second-order valence-corrected chi connectivity index (χ2v) is 10.5. The van der Waals surface area contributed by atoms with Crippen molar-refractivity contribution in [1.29, 1.82) is 0 Å². The smallest absolute Gasteiger partial charge is 0.243 e. The van der Waals surface area contributed by atoms with Crippen LogP contribution in [0.2, 0.25) is 5.02 Å². The molecule has 0 saturated heterocycles. The summed E-state index contributed by atoms with van der Waals surface area (Å²) in [4.78, 5) is 0.197. The topological polar surface area (TPSA) is 85.9 Å². The minimum atomic E-state index is -3.67. The highest BCUT2D eigenvalue weighted by Gasteiger charge is 2.33. The lowest BCUT2D eigenvalue weighted by Gasteiger charge is -2.27. The Labute approximate surface area is 185 Å². The van der Waals surface area contributed by atoms with Crippen LogP contribution in [-0.2, 0) is 36.6 Å². The molecule has 1 aliphatic heterocycles. The fourth-order valence-corrected chi connectivity index (χ4v) is 6.15. The highest BCUT2D eigenvalue weighted by Crippen LogP contribution is 2.33. The molecule has 4 rings (SSSR count). The fraction of sp³-hybridized carbons (Fsp3) is 0.421. The lowest BCUT2D eigenvalue weighted by atomic mass is 10.1. The van der Waals surface area contributed by atoms with Crippen molar-refractivity contribution in [2.24, 2.45) is 7.05 Å². The zero-order valence-electron chi connectivity index (χ0n) is 17.0. The molecule has 8 nitrogen and oxygen atoms in total. The first-order valence-corrected chi connectivity index (χ1v) is 12.5. The minimum absolute atomic E-state index is 0.197. The molecular weight excluding hydrogens is 444 g/mol. The van der Waals surface area contributed by atoms with Gasteiger partial charge in [-0.3, -0.25) is 4.68 Å². The van der Waals surface area contributed by atoms with E-state index in [2.05, 4.69) is 22.2 Å². The zero-order chi connectivity index (χ0) is 21.5. The molecule has 0 N–H and O–H groups in total. The molecule has 0 fully saturated rings. The Morgan fingerprint density at radius 3 is 2.73 bits per heavy atom. The standard InChI is InChI=1S/C19H23ClN6O2S2/c1-4-26-18(21-22-19(26)29-5-2)17-15-12-25(10-9-16(15)24(3)23-17)30(27,28)14-8-6-7-13(20)11-14/h6-8,11H,4-5,9-10,12H2,1-3H3. The maximum Gasteiger partial charge on any atom is 0.243 e. The van der Waals surface area contributed by atoms with E-state index < -0.39 is 10.0 Å². The van der Waals surface area contributed by atoms with Gasteiger partial charge in [-0.2, -0.15) is 9.40 Å². The maximum atomic E-state index is 13.2. The van der Waals surface area contributed by atoms with Crippen LogP contribution in [-0.4, -0.2) is 49.6 Å². The number of halogens is 1. The van der Waals surface area contributed by atoms with Crippen LogP contribution in [0.25, 0.3) is 11.5 Å². The largest absolute Gasteiger partial charge is 0.301 e. The van der Waals surface area contributed by atoms with Crippen LogP contribution in [0.5, 0.6) is 0 Å². The number of rotatable bonds is 6. The minimum Gasteiger partial charge on any atom is -0.301 e. The van der Waals surface area contributed by atoms with Crippen LogP contribution in [0.15, 0.2) is 34.3 Å². The van der Waals surface area contributed by atoms with Gasteiger partial charge in [-0.05, 0) is 30.9 Å². The van der Waals surface area contributed by atoms with Crippen molar-refractivity contribution < 1.29 is 8.42 Å². The van der Waals surface area contributed by atoms with E-state index in [9.17, 15) is 8.42 Å². The highest BCUT2D eigenvalue weighted by molar-refractivity contribution is 7.99. The van der Waals surface area contributed by atoms with Crippen LogP contribution in [0.3, 0.4) is 0 Å². The number of aryl methyl sites for hydroxylation is 1. The first-order valence-electron chi connectivity index (χ1n) is 9.73. The van der Waals surface area contributed by atoms with Crippen molar-refractivity contribution in [3.05, 3.63) is 40.5 Å². The number of nitrogens with zero attached hydrogens (tertiary/aromatic N) is 6. The number of hydrogen-bond donors (Lipinski definition) is 0. The second-order valence-electron chi connectivity index (χ2n) is 6.93. The van der Waals surface area contributed by atoms with E-state index in [1.807, 2.05) is 23.2 Å². The van der Waals surface area contributed by atoms with Gasteiger partial charge in [0, 0.05) is 49.4 Å². The van der Waals surface area contributed by atoms with Gasteiger partial charge in [-0.15, -0.1) is 10.2 Å². The van der Waals surface area contributed by atoms with E-state index in [1.165, 1.54) is 10.4 Å². The first-order chi connectivity index (χ1) is 14.4. The molecule has 0 saturated carbocycles. The van der Waals surface area contributed by atoms with Crippen molar-refractivity contribution >= 4 is 33.4 Å². The third kappa shape index (κ3) is 3.66. The third-order valence-electron chi connectivity index (χ3n) is 5.16. The Bertz CT molecular complexity index is 1190. The lowest BCUT2D eigenvalue weighted by Crippen LogP contribution is -2.36. The normalized spacial score (nSPS) is 14.8. The van der Waals surface area contributed by atoms with E-state index in [1.54, 1.807) is 30.0 Å². The summed E-state index contributed by atoms with van der Waals surface area (Å²) in [5.74, 6) is 1.57. The number of hydrogen-bond acceptors (Lipinski definition) is 6. The van der Waals surface area contributed by atoms with Gasteiger partial charge in [0.25, 0.3) is 0 Å².